The third-order valence-corrected chi connectivity index (χ3v) is 4.87. The molecule has 6 heteroatoms. The number of hydrogen-bond acceptors (Lipinski definition) is 5. The molecule has 0 fully saturated rings. The molecule has 5 rings (SSSR count). The van der Waals surface area contributed by atoms with Gasteiger partial charge in [0.15, 0.2) is 0 Å². The third kappa shape index (κ3) is 3.14. The first kappa shape index (κ1) is 17.2. The number of rotatable bonds is 4. The van der Waals surface area contributed by atoms with Crippen molar-refractivity contribution in [2.45, 2.75) is 6.92 Å². The van der Waals surface area contributed by atoms with Gasteiger partial charge in [-0.3, -0.25) is 0 Å². The molecule has 6 nitrogen and oxygen atoms in total. The summed E-state index contributed by atoms with van der Waals surface area (Å²) in [5.74, 6) is 2.69. The van der Waals surface area contributed by atoms with Gasteiger partial charge < -0.3 is 14.2 Å². The summed E-state index contributed by atoms with van der Waals surface area (Å²) in [4.78, 5) is 12.5. The fourth-order valence-corrected chi connectivity index (χ4v) is 3.34. The van der Waals surface area contributed by atoms with E-state index in [0.29, 0.717) is 11.7 Å². The van der Waals surface area contributed by atoms with Crippen LogP contribution in [0.25, 0.3) is 45.3 Å². The summed E-state index contributed by atoms with van der Waals surface area (Å²) in [6, 6.07) is 21.7. The number of nitrogens with one attached hydrogen (secondary N) is 1. The Balaban J connectivity index is 1.42. The SMILES string of the molecule is COc1ccc(-c2nc(-c3ccc(-c4nc5ccccc5[nH]4)cc3)no2)cc1C. The fourth-order valence-electron chi connectivity index (χ4n) is 3.34. The van der Waals surface area contributed by atoms with Gasteiger partial charge in [-0.25, -0.2) is 4.98 Å². The van der Waals surface area contributed by atoms with Gasteiger partial charge in [0.05, 0.1) is 18.1 Å². The maximum atomic E-state index is 5.47. The normalized spacial score (nSPS) is 11.1. The maximum absolute atomic E-state index is 5.47. The van der Waals surface area contributed by atoms with Gasteiger partial charge in [0.2, 0.25) is 5.82 Å². The molecule has 0 bridgehead atoms. The summed E-state index contributed by atoms with van der Waals surface area (Å²) in [7, 11) is 1.65. The Morgan fingerprint density at radius 2 is 1.62 bits per heavy atom. The first-order chi connectivity index (χ1) is 14.2. The molecule has 3 aromatic carbocycles. The second kappa shape index (κ2) is 6.91. The lowest BCUT2D eigenvalue weighted by Gasteiger charge is -2.04. The van der Waals surface area contributed by atoms with Crippen molar-refractivity contribution in [3.8, 4) is 40.0 Å². The van der Waals surface area contributed by atoms with E-state index in [1.54, 1.807) is 7.11 Å². The Hall–Kier alpha value is -3.93. The van der Waals surface area contributed by atoms with E-state index in [2.05, 4.69) is 20.1 Å². The van der Waals surface area contributed by atoms with Crippen molar-refractivity contribution in [2.24, 2.45) is 0 Å². The highest BCUT2D eigenvalue weighted by Crippen LogP contribution is 2.28. The molecule has 142 valence electrons. The van der Waals surface area contributed by atoms with E-state index in [1.807, 2.05) is 73.7 Å². The zero-order valence-corrected chi connectivity index (χ0v) is 16.0. The van der Waals surface area contributed by atoms with Gasteiger partial charge in [0, 0.05) is 16.7 Å². The molecule has 0 spiro atoms. The molecule has 0 unspecified atom stereocenters. The lowest BCUT2D eigenvalue weighted by molar-refractivity contribution is 0.411. The van der Waals surface area contributed by atoms with Crippen LogP contribution in [0, 0.1) is 6.92 Å². The number of H-pyrrole nitrogens is 1. The molecule has 2 aromatic heterocycles. The summed E-state index contributed by atoms with van der Waals surface area (Å²) in [5, 5.41) is 4.13. The van der Waals surface area contributed by atoms with Crippen LogP contribution in [0.3, 0.4) is 0 Å². The van der Waals surface area contributed by atoms with Crippen LogP contribution in [0.4, 0.5) is 0 Å². The lowest BCUT2D eigenvalue weighted by atomic mass is 10.1. The van der Waals surface area contributed by atoms with Crippen molar-refractivity contribution >= 4 is 11.0 Å². The number of nitrogens with zero attached hydrogens (tertiary/aromatic N) is 3. The monoisotopic (exact) mass is 382 g/mol. The van der Waals surface area contributed by atoms with Crippen LogP contribution in [0.5, 0.6) is 5.75 Å². The minimum atomic E-state index is 0.479. The Morgan fingerprint density at radius 1 is 0.862 bits per heavy atom. The highest BCUT2D eigenvalue weighted by Gasteiger charge is 2.13. The number of para-hydroxylation sites is 2. The van der Waals surface area contributed by atoms with Crippen molar-refractivity contribution in [3.05, 3.63) is 72.3 Å². The third-order valence-electron chi connectivity index (χ3n) is 4.87. The largest absolute Gasteiger partial charge is 0.496 e. The highest BCUT2D eigenvalue weighted by molar-refractivity contribution is 5.79. The quantitative estimate of drug-likeness (QED) is 0.458. The van der Waals surface area contributed by atoms with Crippen molar-refractivity contribution in [1.82, 2.24) is 20.1 Å². The molecule has 2 heterocycles. The molecule has 0 radical (unpaired) electrons. The number of ether oxygens (including phenoxy) is 1. The van der Waals surface area contributed by atoms with Crippen molar-refractivity contribution < 1.29 is 9.26 Å². The molecule has 0 aliphatic heterocycles. The first-order valence-electron chi connectivity index (χ1n) is 9.25. The molecule has 29 heavy (non-hydrogen) atoms. The number of imidazole rings is 1. The summed E-state index contributed by atoms with van der Waals surface area (Å²) in [6.45, 7) is 1.98. The number of aryl methyl sites for hydroxylation is 1. The zero-order valence-electron chi connectivity index (χ0n) is 16.0. The Bertz CT molecular complexity index is 1270. The van der Waals surface area contributed by atoms with Gasteiger partial charge in [0.1, 0.15) is 11.6 Å². The lowest BCUT2D eigenvalue weighted by Crippen LogP contribution is -1.88. The average Bonchev–Trinajstić information content (AvgIpc) is 3.41. The van der Waals surface area contributed by atoms with Crippen LogP contribution in [0.2, 0.25) is 0 Å². The number of fused-ring (bicyclic) bond motifs is 1. The minimum Gasteiger partial charge on any atom is -0.496 e. The second-order valence-corrected chi connectivity index (χ2v) is 6.79. The van der Waals surface area contributed by atoms with E-state index in [-0.39, 0.29) is 0 Å². The molecule has 0 atom stereocenters. The zero-order chi connectivity index (χ0) is 19.8. The minimum absolute atomic E-state index is 0.479. The molecular weight excluding hydrogens is 364 g/mol. The molecule has 5 aromatic rings. The number of aromatic amines is 1. The predicted molar refractivity (Wildman–Crippen MR) is 112 cm³/mol. The fraction of sp³-hybridized carbons (Fsp3) is 0.0870. The van der Waals surface area contributed by atoms with E-state index in [0.717, 1.165) is 44.9 Å². The van der Waals surface area contributed by atoms with Crippen LogP contribution < -0.4 is 4.74 Å². The van der Waals surface area contributed by atoms with Gasteiger partial charge in [-0.15, -0.1) is 0 Å². The summed E-state index contributed by atoms with van der Waals surface area (Å²) < 4.78 is 10.8. The number of hydrogen-bond donors (Lipinski definition) is 1. The first-order valence-corrected chi connectivity index (χ1v) is 9.25. The van der Waals surface area contributed by atoms with E-state index < -0.39 is 0 Å². The average molecular weight is 382 g/mol. The van der Waals surface area contributed by atoms with Crippen LogP contribution in [0.1, 0.15) is 5.56 Å². The Kier molecular flexibility index (Phi) is 4.09. The number of aromatic nitrogens is 4. The van der Waals surface area contributed by atoms with E-state index in [1.165, 1.54) is 0 Å². The maximum Gasteiger partial charge on any atom is 0.258 e. The standard InChI is InChI=1S/C23H18N4O2/c1-14-13-17(11-12-20(14)28-2)23-26-22(27-29-23)16-9-7-15(8-10-16)21-24-18-5-3-4-6-19(18)25-21/h3-13H,1-2H3,(H,24,25). The molecule has 0 saturated heterocycles. The summed E-state index contributed by atoms with van der Waals surface area (Å²) in [5.41, 5.74) is 5.72. The van der Waals surface area contributed by atoms with Gasteiger partial charge in [-0.1, -0.05) is 41.6 Å². The molecule has 0 saturated carbocycles. The smallest absolute Gasteiger partial charge is 0.258 e. The van der Waals surface area contributed by atoms with Crippen LogP contribution in [-0.4, -0.2) is 27.2 Å². The Labute approximate surface area is 167 Å². The van der Waals surface area contributed by atoms with Crippen LogP contribution in [0.15, 0.2) is 71.3 Å². The molecule has 0 aliphatic carbocycles. The summed E-state index contributed by atoms with van der Waals surface area (Å²) in [6.07, 6.45) is 0. The van der Waals surface area contributed by atoms with E-state index in [9.17, 15) is 0 Å². The molecule has 0 aliphatic rings. The number of benzene rings is 3. The molecule has 0 amide bonds. The van der Waals surface area contributed by atoms with Crippen molar-refractivity contribution in [1.29, 1.82) is 0 Å². The molecule has 1 N–H and O–H groups in total. The summed E-state index contributed by atoms with van der Waals surface area (Å²) >= 11 is 0. The predicted octanol–water partition coefficient (Wildman–Crippen LogP) is 5.26. The topological polar surface area (TPSA) is 76.8 Å². The van der Waals surface area contributed by atoms with Gasteiger partial charge >= 0.3 is 0 Å². The van der Waals surface area contributed by atoms with Crippen LogP contribution in [-0.2, 0) is 0 Å². The highest BCUT2D eigenvalue weighted by atomic mass is 16.5. The van der Waals surface area contributed by atoms with Crippen molar-refractivity contribution in [3.63, 3.8) is 0 Å². The van der Waals surface area contributed by atoms with Gasteiger partial charge in [-0.05, 0) is 42.8 Å². The Morgan fingerprint density at radius 3 is 2.38 bits per heavy atom. The van der Waals surface area contributed by atoms with E-state index >= 15 is 0 Å². The molecular formula is C23H18N4O2. The van der Waals surface area contributed by atoms with Crippen LogP contribution >= 0.6 is 0 Å². The van der Waals surface area contributed by atoms with E-state index in [4.69, 9.17) is 9.26 Å². The van der Waals surface area contributed by atoms with Gasteiger partial charge in [-0.2, -0.15) is 4.98 Å². The van der Waals surface area contributed by atoms with Gasteiger partial charge in [0.25, 0.3) is 5.89 Å². The number of methoxy groups -OCH3 is 1. The second-order valence-electron chi connectivity index (χ2n) is 6.79. The van der Waals surface area contributed by atoms with Crippen molar-refractivity contribution in [2.75, 3.05) is 7.11 Å².